The van der Waals surface area contributed by atoms with Crippen LogP contribution in [0.2, 0.25) is 0 Å². The summed E-state index contributed by atoms with van der Waals surface area (Å²) < 4.78 is 10.8. The van der Waals surface area contributed by atoms with Crippen molar-refractivity contribution in [2.24, 2.45) is 5.73 Å². The van der Waals surface area contributed by atoms with Gasteiger partial charge < -0.3 is 20.5 Å². The van der Waals surface area contributed by atoms with Crippen LogP contribution in [0.5, 0.6) is 11.5 Å². The Hall–Kier alpha value is -4.13. The molecule has 0 heterocycles. The van der Waals surface area contributed by atoms with Gasteiger partial charge >= 0.3 is 5.97 Å². The van der Waals surface area contributed by atoms with Gasteiger partial charge in [0.05, 0.1) is 0 Å². The van der Waals surface area contributed by atoms with E-state index in [0.717, 1.165) is 11.1 Å². The van der Waals surface area contributed by atoms with Crippen LogP contribution in [0.1, 0.15) is 28.4 Å². The molecule has 0 radical (unpaired) electrons. The van der Waals surface area contributed by atoms with Gasteiger partial charge in [0.1, 0.15) is 24.1 Å². The molecule has 3 rings (SSSR count). The molecule has 3 N–H and O–H groups in total. The van der Waals surface area contributed by atoms with E-state index in [1.165, 1.54) is 13.0 Å². The summed E-state index contributed by atoms with van der Waals surface area (Å²) in [5.74, 6) is -0.768. The van der Waals surface area contributed by atoms with Gasteiger partial charge in [0.2, 0.25) is 5.91 Å². The summed E-state index contributed by atoms with van der Waals surface area (Å²) in [7, 11) is 0. The Kier molecular flexibility index (Phi) is 7.59. The van der Waals surface area contributed by atoms with Crippen molar-refractivity contribution in [3.05, 3.63) is 95.6 Å². The highest BCUT2D eigenvalue weighted by molar-refractivity contribution is 5.97. The molecule has 0 aliphatic rings. The topological polar surface area (TPSA) is 108 Å². The van der Waals surface area contributed by atoms with Crippen molar-refractivity contribution in [3.63, 3.8) is 0 Å². The second kappa shape index (κ2) is 10.8. The van der Waals surface area contributed by atoms with Crippen molar-refractivity contribution in [2.75, 3.05) is 0 Å². The minimum atomic E-state index is -0.927. The number of hydrogen-bond acceptors (Lipinski definition) is 5. The summed E-state index contributed by atoms with van der Waals surface area (Å²) in [5.41, 5.74) is 7.59. The van der Waals surface area contributed by atoms with Gasteiger partial charge in [0, 0.05) is 18.9 Å². The lowest BCUT2D eigenvalue weighted by Gasteiger charge is -2.16. The van der Waals surface area contributed by atoms with Crippen LogP contribution in [-0.4, -0.2) is 23.8 Å². The quantitative estimate of drug-likeness (QED) is 0.399. The third-order valence-electron chi connectivity index (χ3n) is 4.59. The Labute approximate surface area is 186 Å². The fraction of sp³-hybridized carbons (Fsp3) is 0.160. The number of hydrogen-bond donors (Lipinski definition) is 2. The van der Waals surface area contributed by atoms with Crippen LogP contribution in [0, 0.1) is 0 Å². The highest BCUT2D eigenvalue weighted by Crippen LogP contribution is 2.17. The lowest BCUT2D eigenvalue weighted by atomic mass is 10.0. The van der Waals surface area contributed by atoms with Crippen LogP contribution < -0.4 is 20.5 Å². The molecule has 164 valence electrons. The number of esters is 1. The molecule has 3 aromatic rings. The van der Waals surface area contributed by atoms with Crippen molar-refractivity contribution in [1.82, 2.24) is 5.32 Å². The summed E-state index contributed by atoms with van der Waals surface area (Å²) in [6, 6.07) is 22.2. The van der Waals surface area contributed by atoms with E-state index in [1.54, 1.807) is 18.2 Å². The largest absolute Gasteiger partial charge is 0.489 e. The molecule has 3 aromatic carbocycles. The normalized spacial score (nSPS) is 11.3. The summed E-state index contributed by atoms with van der Waals surface area (Å²) in [6.45, 7) is 1.69. The highest BCUT2D eigenvalue weighted by atomic mass is 16.5. The number of benzene rings is 3. The SMILES string of the molecule is CC(=O)Oc1cccc(C(=O)N[C@@H](Cc2cccc(OCc3ccccc3)c2)C(N)=O)c1. The van der Waals surface area contributed by atoms with Gasteiger partial charge in [0.25, 0.3) is 5.91 Å². The van der Waals surface area contributed by atoms with E-state index in [2.05, 4.69) is 5.32 Å². The van der Waals surface area contributed by atoms with E-state index >= 15 is 0 Å². The van der Waals surface area contributed by atoms with Crippen LogP contribution >= 0.6 is 0 Å². The molecule has 0 aromatic heterocycles. The fourth-order valence-electron chi connectivity index (χ4n) is 3.07. The number of carbonyl (C=O) groups excluding carboxylic acids is 3. The molecule has 0 bridgehead atoms. The molecule has 0 saturated carbocycles. The maximum atomic E-state index is 12.6. The van der Waals surface area contributed by atoms with Gasteiger partial charge in [-0.05, 0) is 41.5 Å². The van der Waals surface area contributed by atoms with Crippen molar-refractivity contribution >= 4 is 17.8 Å². The van der Waals surface area contributed by atoms with E-state index in [-0.39, 0.29) is 17.7 Å². The van der Waals surface area contributed by atoms with Gasteiger partial charge in [0.15, 0.2) is 0 Å². The Morgan fingerprint density at radius 2 is 1.56 bits per heavy atom. The highest BCUT2D eigenvalue weighted by Gasteiger charge is 2.20. The van der Waals surface area contributed by atoms with Crippen molar-refractivity contribution in [3.8, 4) is 11.5 Å². The summed E-state index contributed by atoms with van der Waals surface area (Å²) in [4.78, 5) is 35.7. The Balaban J connectivity index is 1.66. The lowest BCUT2D eigenvalue weighted by Crippen LogP contribution is -2.45. The monoisotopic (exact) mass is 432 g/mol. The summed E-state index contributed by atoms with van der Waals surface area (Å²) in [6.07, 6.45) is 0.202. The first-order valence-corrected chi connectivity index (χ1v) is 10.0. The van der Waals surface area contributed by atoms with E-state index in [1.807, 2.05) is 54.6 Å². The molecule has 0 fully saturated rings. The number of carbonyl (C=O) groups is 3. The predicted molar refractivity (Wildman–Crippen MR) is 119 cm³/mol. The zero-order valence-corrected chi connectivity index (χ0v) is 17.6. The number of primary amides is 1. The molecule has 7 nitrogen and oxygen atoms in total. The third-order valence-corrected chi connectivity index (χ3v) is 4.59. The Bertz CT molecular complexity index is 1100. The number of nitrogens with one attached hydrogen (secondary N) is 1. The second-order valence-corrected chi connectivity index (χ2v) is 7.18. The summed E-state index contributed by atoms with van der Waals surface area (Å²) >= 11 is 0. The predicted octanol–water partition coefficient (Wildman–Crippen LogP) is 3.02. The van der Waals surface area contributed by atoms with Gasteiger partial charge in [-0.1, -0.05) is 48.5 Å². The molecular formula is C25H24N2O5. The molecule has 0 saturated heterocycles. The van der Waals surface area contributed by atoms with Crippen LogP contribution in [-0.2, 0) is 22.6 Å². The van der Waals surface area contributed by atoms with Gasteiger partial charge in [-0.15, -0.1) is 0 Å². The number of nitrogens with two attached hydrogens (primary N) is 1. The standard InChI is InChI=1S/C25H24N2O5/c1-17(28)32-22-12-6-10-20(15-22)25(30)27-23(24(26)29)14-19-9-5-11-21(13-19)31-16-18-7-3-2-4-8-18/h2-13,15,23H,14,16H2,1H3,(H2,26,29)(H,27,30)/t23-/m0/s1. The minimum Gasteiger partial charge on any atom is -0.489 e. The van der Waals surface area contributed by atoms with Crippen LogP contribution in [0.15, 0.2) is 78.9 Å². The zero-order valence-electron chi connectivity index (χ0n) is 17.6. The molecule has 0 unspecified atom stereocenters. The number of amides is 2. The van der Waals surface area contributed by atoms with E-state index in [9.17, 15) is 14.4 Å². The maximum absolute atomic E-state index is 12.6. The third kappa shape index (κ3) is 6.70. The maximum Gasteiger partial charge on any atom is 0.308 e. The first-order valence-electron chi connectivity index (χ1n) is 10.0. The Morgan fingerprint density at radius 3 is 2.28 bits per heavy atom. The molecule has 0 aliphatic carbocycles. The van der Waals surface area contributed by atoms with E-state index < -0.39 is 23.8 Å². The van der Waals surface area contributed by atoms with Crippen molar-refractivity contribution < 1.29 is 23.9 Å². The number of rotatable bonds is 9. The summed E-state index contributed by atoms with van der Waals surface area (Å²) in [5, 5.41) is 2.64. The van der Waals surface area contributed by atoms with Crippen LogP contribution in [0.3, 0.4) is 0 Å². The Morgan fingerprint density at radius 1 is 0.875 bits per heavy atom. The lowest BCUT2D eigenvalue weighted by molar-refractivity contribution is -0.131. The average molecular weight is 432 g/mol. The second-order valence-electron chi connectivity index (χ2n) is 7.18. The van der Waals surface area contributed by atoms with Gasteiger partial charge in [-0.3, -0.25) is 14.4 Å². The molecule has 1 atom stereocenters. The molecule has 0 aliphatic heterocycles. The van der Waals surface area contributed by atoms with Crippen molar-refractivity contribution in [2.45, 2.75) is 26.0 Å². The molecule has 0 spiro atoms. The average Bonchev–Trinajstić information content (AvgIpc) is 2.78. The fourth-order valence-corrected chi connectivity index (χ4v) is 3.07. The zero-order chi connectivity index (χ0) is 22.9. The van der Waals surface area contributed by atoms with E-state index in [4.69, 9.17) is 15.2 Å². The number of ether oxygens (including phenoxy) is 2. The molecule has 7 heteroatoms. The first-order chi connectivity index (χ1) is 15.4. The molecule has 2 amide bonds. The van der Waals surface area contributed by atoms with Crippen LogP contribution in [0.25, 0.3) is 0 Å². The van der Waals surface area contributed by atoms with Crippen molar-refractivity contribution in [1.29, 1.82) is 0 Å². The minimum absolute atomic E-state index is 0.202. The molecular weight excluding hydrogens is 408 g/mol. The van der Waals surface area contributed by atoms with E-state index in [0.29, 0.717) is 12.4 Å². The van der Waals surface area contributed by atoms with Gasteiger partial charge in [-0.2, -0.15) is 0 Å². The van der Waals surface area contributed by atoms with Crippen LogP contribution in [0.4, 0.5) is 0 Å². The first kappa shape index (κ1) is 22.6. The van der Waals surface area contributed by atoms with Gasteiger partial charge in [-0.25, -0.2) is 0 Å². The molecule has 32 heavy (non-hydrogen) atoms. The smallest absolute Gasteiger partial charge is 0.308 e.